The molecule has 0 radical (unpaired) electrons. The number of aryl methyl sites for hydroxylation is 1. The van der Waals surface area contributed by atoms with Crippen molar-refractivity contribution in [1.82, 2.24) is 10.6 Å². The van der Waals surface area contributed by atoms with Crippen molar-refractivity contribution < 1.29 is 4.74 Å². The van der Waals surface area contributed by atoms with Crippen LogP contribution in [0.2, 0.25) is 0 Å². The van der Waals surface area contributed by atoms with Crippen LogP contribution < -0.4 is 20.3 Å². The van der Waals surface area contributed by atoms with Gasteiger partial charge in [-0.25, -0.2) is 4.99 Å². The molecule has 1 aromatic heterocycles. The zero-order valence-electron chi connectivity index (χ0n) is 16.5. The molecular formula is C21H30N4OS. The van der Waals surface area contributed by atoms with Gasteiger partial charge in [0.25, 0.3) is 0 Å². The Morgan fingerprint density at radius 3 is 2.93 bits per heavy atom. The highest BCUT2D eigenvalue weighted by molar-refractivity contribution is 7.11. The number of nitrogens with zero attached hydrogens (tertiary/aromatic N) is 2. The minimum absolute atomic E-state index is 0.615. The summed E-state index contributed by atoms with van der Waals surface area (Å²) >= 11 is 1.81. The molecule has 1 saturated heterocycles. The zero-order valence-corrected chi connectivity index (χ0v) is 17.3. The lowest BCUT2D eigenvalue weighted by Crippen LogP contribution is -2.40. The van der Waals surface area contributed by atoms with E-state index in [0.29, 0.717) is 5.92 Å². The molecule has 2 aromatic rings. The number of guanidine groups is 1. The molecule has 2 N–H and O–H groups in total. The van der Waals surface area contributed by atoms with Gasteiger partial charge < -0.3 is 20.3 Å². The molecule has 146 valence electrons. The summed E-state index contributed by atoms with van der Waals surface area (Å²) in [6.07, 6.45) is 1.19. The normalized spacial score (nSPS) is 17.2. The van der Waals surface area contributed by atoms with Crippen LogP contribution >= 0.6 is 11.3 Å². The van der Waals surface area contributed by atoms with Gasteiger partial charge >= 0.3 is 0 Å². The Labute approximate surface area is 166 Å². The van der Waals surface area contributed by atoms with Gasteiger partial charge in [-0.05, 0) is 50.5 Å². The lowest BCUT2D eigenvalue weighted by Gasteiger charge is -2.20. The zero-order chi connectivity index (χ0) is 19.1. The highest BCUT2D eigenvalue weighted by Gasteiger charge is 2.23. The number of aliphatic imine (C=N–C) groups is 1. The Hall–Kier alpha value is -2.21. The fraction of sp³-hybridized carbons (Fsp3) is 0.476. The molecule has 1 aliphatic rings. The van der Waals surface area contributed by atoms with E-state index < -0.39 is 0 Å². The summed E-state index contributed by atoms with van der Waals surface area (Å²) in [7, 11) is 1.72. The standard InChI is InChI=1S/C21H30N4OS/c1-4-22-21(24-14-20-9-8-16(2)27-20)23-13-17-10-11-25(15-17)18-6-5-7-19(12-18)26-3/h5-9,12,17H,4,10-11,13-15H2,1-3H3,(H2,22,23,24). The van der Waals surface area contributed by atoms with Gasteiger partial charge in [-0.3, -0.25) is 0 Å². The molecule has 2 heterocycles. The largest absolute Gasteiger partial charge is 0.497 e. The Bertz CT molecular complexity index is 758. The van der Waals surface area contributed by atoms with Crippen molar-refractivity contribution in [2.45, 2.75) is 26.8 Å². The number of benzene rings is 1. The van der Waals surface area contributed by atoms with E-state index in [1.165, 1.54) is 21.9 Å². The summed E-state index contributed by atoms with van der Waals surface area (Å²) in [4.78, 5) is 9.81. The van der Waals surface area contributed by atoms with Crippen molar-refractivity contribution in [3.63, 3.8) is 0 Å². The minimum atomic E-state index is 0.615. The molecule has 0 spiro atoms. The fourth-order valence-electron chi connectivity index (χ4n) is 3.35. The Morgan fingerprint density at radius 1 is 1.30 bits per heavy atom. The quantitative estimate of drug-likeness (QED) is 0.563. The van der Waals surface area contributed by atoms with E-state index in [1.54, 1.807) is 7.11 Å². The fourth-order valence-corrected chi connectivity index (χ4v) is 4.17. The smallest absolute Gasteiger partial charge is 0.191 e. The van der Waals surface area contributed by atoms with Crippen LogP contribution in [-0.4, -0.2) is 39.2 Å². The molecule has 1 aliphatic heterocycles. The molecule has 6 heteroatoms. The second-order valence-electron chi connectivity index (χ2n) is 6.89. The molecule has 0 aliphatic carbocycles. The first-order valence-corrected chi connectivity index (χ1v) is 10.5. The maximum atomic E-state index is 5.35. The summed E-state index contributed by atoms with van der Waals surface area (Å²) in [6, 6.07) is 12.6. The van der Waals surface area contributed by atoms with Gasteiger partial charge in [-0.2, -0.15) is 0 Å². The van der Waals surface area contributed by atoms with Crippen LogP contribution in [0.4, 0.5) is 5.69 Å². The number of hydrogen-bond acceptors (Lipinski definition) is 4. The average Bonchev–Trinajstić information content (AvgIpc) is 3.33. The third-order valence-corrected chi connectivity index (χ3v) is 5.78. The van der Waals surface area contributed by atoms with Crippen molar-refractivity contribution in [2.24, 2.45) is 10.9 Å². The van der Waals surface area contributed by atoms with E-state index in [4.69, 9.17) is 9.73 Å². The van der Waals surface area contributed by atoms with Crippen LogP contribution in [-0.2, 0) is 6.54 Å². The maximum absolute atomic E-state index is 5.35. The van der Waals surface area contributed by atoms with Gasteiger partial charge in [0.2, 0.25) is 0 Å². The van der Waals surface area contributed by atoms with E-state index in [2.05, 4.69) is 59.7 Å². The molecule has 1 unspecified atom stereocenters. The van der Waals surface area contributed by atoms with Crippen molar-refractivity contribution >= 4 is 23.0 Å². The van der Waals surface area contributed by atoms with E-state index in [-0.39, 0.29) is 0 Å². The molecule has 27 heavy (non-hydrogen) atoms. The number of anilines is 1. The second-order valence-corrected chi connectivity index (χ2v) is 8.26. The van der Waals surface area contributed by atoms with Crippen LogP contribution in [0, 0.1) is 12.8 Å². The first kappa shape index (κ1) is 19.5. The molecule has 1 aromatic carbocycles. The molecule has 0 saturated carbocycles. The van der Waals surface area contributed by atoms with Gasteiger partial charge in [0, 0.05) is 47.7 Å². The molecule has 0 bridgehead atoms. The summed E-state index contributed by atoms with van der Waals surface area (Å²) in [5.74, 6) is 2.44. The molecule has 5 nitrogen and oxygen atoms in total. The van der Waals surface area contributed by atoms with Crippen LogP contribution in [0.1, 0.15) is 23.1 Å². The van der Waals surface area contributed by atoms with Crippen LogP contribution in [0.25, 0.3) is 0 Å². The predicted octanol–water partition coefficient (Wildman–Crippen LogP) is 3.65. The summed E-state index contributed by atoms with van der Waals surface area (Å²) in [5.41, 5.74) is 1.24. The first-order chi connectivity index (χ1) is 13.2. The van der Waals surface area contributed by atoms with Gasteiger partial charge in [0.05, 0.1) is 13.7 Å². The molecule has 3 rings (SSSR count). The van der Waals surface area contributed by atoms with Crippen LogP contribution in [0.15, 0.2) is 41.4 Å². The van der Waals surface area contributed by atoms with E-state index in [1.807, 2.05) is 17.4 Å². The number of thiophene rings is 1. The van der Waals surface area contributed by atoms with Crippen LogP contribution in [0.3, 0.4) is 0 Å². The number of ether oxygens (including phenoxy) is 1. The van der Waals surface area contributed by atoms with E-state index >= 15 is 0 Å². The Morgan fingerprint density at radius 2 is 2.19 bits per heavy atom. The Kier molecular flexibility index (Phi) is 6.98. The molecule has 1 fully saturated rings. The SMILES string of the molecule is CCNC(=NCc1ccc(C)s1)NCC1CCN(c2cccc(OC)c2)C1. The molecule has 1 atom stereocenters. The highest BCUT2D eigenvalue weighted by atomic mass is 32.1. The van der Waals surface area contributed by atoms with Gasteiger partial charge in [0.15, 0.2) is 5.96 Å². The lowest BCUT2D eigenvalue weighted by molar-refractivity contribution is 0.415. The van der Waals surface area contributed by atoms with Gasteiger partial charge in [0.1, 0.15) is 5.75 Å². The summed E-state index contributed by atoms with van der Waals surface area (Å²) in [6.45, 7) is 8.92. The van der Waals surface area contributed by atoms with Crippen molar-refractivity contribution in [1.29, 1.82) is 0 Å². The third kappa shape index (κ3) is 5.63. The predicted molar refractivity (Wildman–Crippen MR) is 115 cm³/mol. The summed E-state index contributed by atoms with van der Waals surface area (Å²) < 4.78 is 5.35. The van der Waals surface area contributed by atoms with Crippen molar-refractivity contribution in [3.05, 3.63) is 46.2 Å². The number of methoxy groups -OCH3 is 1. The van der Waals surface area contributed by atoms with Crippen LogP contribution in [0.5, 0.6) is 5.75 Å². The van der Waals surface area contributed by atoms with Gasteiger partial charge in [-0.15, -0.1) is 11.3 Å². The third-order valence-electron chi connectivity index (χ3n) is 4.80. The Balaban J connectivity index is 1.51. The first-order valence-electron chi connectivity index (χ1n) is 9.64. The summed E-state index contributed by atoms with van der Waals surface area (Å²) in [5, 5.41) is 6.88. The highest BCUT2D eigenvalue weighted by Crippen LogP contribution is 2.26. The monoisotopic (exact) mass is 386 g/mol. The molecule has 0 amide bonds. The number of hydrogen-bond donors (Lipinski definition) is 2. The van der Waals surface area contributed by atoms with E-state index in [0.717, 1.165) is 44.4 Å². The topological polar surface area (TPSA) is 48.9 Å². The second kappa shape index (κ2) is 9.65. The van der Waals surface area contributed by atoms with Crippen molar-refractivity contribution in [2.75, 3.05) is 38.2 Å². The van der Waals surface area contributed by atoms with Gasteiger partial charge in [-0.1, -0.05) is 6.07 Å². The van der Waals surface area contributed by atoms with Crippen molar-refractivity contribution in [3.8, 4) is 5.75 Å². The number of rotatable bonds is 7. The minimum Gasteiger partial charge on any atom is -0.497 e. The number of nitrogens with one attached hydrogen (secondary N) is 2. The average molecular weight is 387 g/mol. The molecular weight excluding hydrogens is 356 g/mol. The maximum Gasteiger partial charge on any atom is 0.191 e. The van der Waals surface area contributed by atoms with E-state index in [9.17, 15) is 0 Å². The lowest BCUT2D eigenvalue weighted by atomic mass is 10.1.